The number of hydrogen-bond donors (Lipinski definition) is 0. The molecule has 0 bridgehead atoms. The minimum Gasteiger partial charge on any atom is -0.223 e. The minimum absolute atomic E-state index is 0.334. The third-order valence-corrected chi connectivity index (χ3v) is 5.68. The first-order chi connectivity index (χ1) is 11.2. The van der Waals surface area contributed by atoms with Crippen molar-refractivity contribution in [3.8, 4) is 0 Å². The molecule has 0 amide bonds. The molecule has 1 atom stereocenters. The number of sulfone groups is 1. The molecule has 0 saturated heterocycles. The van der Waals surface area contributed by atoms with Gasteiger partial charge in [0.15, 0.2) is 9.84 Å². The molecule has 3 aromatic carbocycles. The van der Waals surface area contributed by atoms with Crippen molar-refractivity contribution in [3.63, 3.8) is 0 Å². The van der Waals surface area contributed by atoms with E-state index in [1.54, 1.807) is 30.7 Å². The van der Waals surface area contributed by atoms with E-state index in [4.69, 9.17) is 0 Å². The number of rotatable bonds is 5. The second-order valence-corrected chi connectivity index (χ2v) is 7.34. The van der Waals surface area contributed by atoms with Crippen molar-refractivity contribution >= 4 is 9.84 Å². The second-order valence-electron chi connectivity index (χ2n) is 5.27. The van der Waals surface area contributed by atoms with E-state index in [9.17, 15) is 8.42 Å². The van der Waals surface area contributed by atoms with Crippen molar-refractivity contribution in [2.75, 3.05) is 0 Å². The summed E-state index contributed by atoms with van der Waals surface area (Å²) in [7, 11) is -3.51. The van der Waals surface area contributed by atoms with Crippen LogP contribution < -0.4 is 0 Å². The van der Waals surface area contributed by atoms with Crippen LogP contribution in [0.1, 0.15) is 16.4 Å². The fourth-order valence-corrected chi connectivity index (χ4v) is 4.18. The topological polar surface area (TPSA) is 34.1 Å². The lowest BCUT2D eigenvalue weighted by atomic mass is 10.0. The third kappa shape index (κ3) is 3.51. The normalized spacial score (nSPS) is 12.7. The van der Waals surface area contributed by atoms with Crippen molar-refractivity contribution < 1.29 is 8.42 Å². The summed E-state index contributed by atoms with van der Waals surface area (Å²) in [6, 6.07) is 27.5. The molecule has 2 nitrogen and oxygen atoms in total. The van der Waals surface area contributed by atoms with E-state index in [-0.39, 0.29) is 0 Å². The molecule has 1 unspecified atom stereocenters. The summed E-state index contributed by atoms with van der Waals surface area (Å²) in [6.45, 7) is 0. The standard InChI is InChI=1S/C20H17O2S/c21-23(22,19-14-8-3-9-15-19)20(18-12-6-2-7-13-18)16-17-10-4-1-5-11-17/h1-16,20H. The SMILES string of the molecule is O=S(=O)(c1ccccc1)C([CH]c1ccccc1)c1ccccc1. The zero-order valence-corrected chi connectivity index (χ0v) is 13.4. The van der Waals surface area contributed by atoms with E-state index in [0.717, 1.165) is 11.1 Å². The number of benzene rings is 3. The molecule has 0 saturated carbocycles. The average molecular weight is 321 g/mol. The smallest absolute Gasteiger partial charge is 0.185 e. The maximum absolute atomic E-state index is 13.1. The zero-order chi connectivity index (χ0) is 16.1. The van der Waals surface area contributed by atoms with Gasteiger partial charge in [-0.1, -0.05) is 78.9 Å². The lowest BCUT2D eigenvalue weighted by Gasteiger charge is -2.18. The maximum Gasteiger partial charge on any atom is 0.185 e. The van der Waals surface area contributed by atoms with Gasteiger partial charge < -0.3 is 0 Å². The van der Waals surface area contributed by atoms with Gasteiger partial charge in [0.05, 0.1) is 10.1 Å². The molecule has 0 N–H and O–H groups in total. The summed E-state index contributed by atoms with van der Waals surface area (Å²) < 4.78 is 26.2. The molecule has 0 heterocycles. The van der Waals surface area contributed by atoms with E-state index >= 15 is 0 Å². The molecule has 3 aromatic rings. The van der Waals surface area contributed by atoms with Crippen molar-refractivity contribution in [1.82, 2.24) is 0 Å². The summed E-state index contributed by atoms with van der Waals surface area (Å²) in [6.07, 6.45) is 1.80. The number of hydrogen-bond acceptors (Lipinski definition) is 2. The fraction of sp³-hybridized carbons (Fsp3) is 0.0500. The monoisotopic (exact) mass is 321 g/mol. The molecule has 0 aliphatic carbocycles. The van der Waals surface area contributed by atoms with Gasteiger partial charge in [-0.15, -0.1) is 0 Å². The molecule has 0 aliphatic rings. The molecular formula is C20H17O2S. The van der Waals surface area contributed by atoms with Gasteiger partial charge in [0.2, 0.25) is 0 Å². The largest absolute Gasteiger partial charge is 0.223 e. The van der Waals surface area contributed by atoms with E-state index in [1.165, 1.54) is 0 Å². The van der Waals surface area contributed by atoms with Crippen LogP contribution in [0.5, 0.6) is 0 Å². The Labute approximate surface area is 137 Å². The summed E-state index contributed by atoms with van der Waals surface area (Å²) >= 11 is 0. The molecule has 1 radical (unpaired) electrons. The summed E-state index contributed by atoms with van der Waals surface area (Å²) in [5.74, 6) is 0. The van der Waals surface area contributed by atoms with E-state index < -0.39 is 15.1 Å². The van der Waals surface area contributed by atoms with Gasteiger partial charge in [-0.3, -0.25) is 0 Å². The highest BCUT2D eigenvalue weighted by molar-refractivity contribution is 7.91. The Hall–Kier alpha value is -2.39. The van der Waals surface area contributed by atoms with Crippen molar-refractivity contribution in [3.05, 3.63) is 109 Å². The lowest BCUT2D eigenvalue weighted by molar-refractivity contribution is 0.588. The predicted octanol–water partition coefficient (Wildman–Crippen LogP) is 4.45. The minimum atomic E-state index is -3.51. The molecule has 0 spiro atoms. The second kappa shape index (κ2) is 6.80. The van der Waals surface area contributed by atoms with Crippen LogP contribution in [-0.2, 0) is 9.84 Å². The Kier molecular flexibility index (Phi) is 4.58. The Morgan fingerprint density at radius 3 is 1.70 bits per heavy atom. The molecule has 3 heteroatoms. The van der Waals surface area contributed by atoms with E-state index in [0.29, 0.717) is 4.90 Å². The Morgan fingerprint density at radius 1 is 0.652 bits per heavy atom. The molecule has 0 fully saturated rings. The van der Waals surface area contributed by atoms with E-state index in [1.807, 2.05) is 66.7 Å². The van der Waals surface area contributed by atoms with Gasteiger partial charge in [0, 0.05) is 6.42 Å². The van der Waals surface area contributed by atoms with Crippen molar-refractivity contribution in [2.45, 2.75) is 10.1 Å². The zero-order valence-electron chi connectivity index (χ0n) is 12.5. The van der Waals surface area contributed by atoms with Gasteiger partial charge in [0.25, 0.3) is 0 Å². The molecule has 3 rings (SSSR count). The molecule has 23 heavy (non-hydrogen) atoms. The predicted molar refractivity (Wildman–Crippen MR) is 92.7 cm³/mol. The van der Waals surface area contributed by atoms with Crippen LogP contribution in [0.2, 0.25) is 0 Å². The van der Waals surface area contributed by atoms with Crippen LogP contribution >= 0.6 is 0 Å². The highest BCUT2D eigenvalue weighted by atomic mass is 32.2. The molecular weight excluding hydrogens is 304 g/mol. The Morgan fingerprint density at radius 2 is 1.13 bits per heavy atom. The first kappa shape index (κ1) is 15.5. The molecule has 0 aromatic heterocycles. The first-order valence-electron chi connectivity index (χ1n) is 7.42. The Balaban J connectivity index is 2.05. The summed E-state index contributed by atoms with van der Waals surface area (Å²) in [5, 5.41) is -0.714. The van der Waals surface area contributed by atoms with Gasteiger partial charge in [-0.05, 0) is 23.3 Å². The van der Waals surface area contributed by atoms with Crippen molar-refractivity contribution in [2.24, 2.45) is 0 Å². The highest BCUT2D eigenvalue weighted by Gasteiger charge is 2.29. The Bertz CT molecular complexity index is 842. The van der Waals surface area contributed by atoms with Crippen LogP contribution in [0.15, 0.2) is 95.9 Å². The summed E-state index contributed by atoms with van der Waals surface area (Å²) in [4.78, 5) is 0.334. The van der Waals surface area contributed by atoms with Crippen LogP contribution in [0, 0.1) is 6.42 Å². The molecule has 115 valence electrons. The van der Waals surface area contributed by atoms with Crippen LogP contribution in [0.4, 0.5) is 0 Å². The fourth-order valence-electron chi connectivity index (χ4n) is 2.50. The average Bonchev–Trinajstić information content (AvgIpc) is 2.62. The highest BCUT2D eigenvalue weighted by Crippen LogP contribution is 2.33. The van der Waals surface area contributed by atoms with Gasteiger partial charge in [-0.2, -0.15) is 0 Å². The summed E-state index contributed by atoms with van der Waals surface area (Å²) in [5.41, 5.74) is 1.65. The van der Waals surface area contributed by atoms with E-state index in [2.05, 4.69) is 0 Å². The van der Waals surface area contributed by atoms with Gasteiger partial charge in [0.1, 0.15) is 0 Å². The first-order valence-corrected chi connectivity index (χ1v) is 8.96. The van der Waals surface area contributed by atoms with Gasteiger partial charge in [-0.25, -0.2) is 8.42 Å². The van der Waals surface area contributed by atoms with Crippen LogP contribution in [0.3, 0.4) is 0 Å². The van der Waals surface area contributed by atoms with Gasteiger partial charge >= 0.3 is 0 Å². The lowest BCUT2D eigenvalue weighted by Crippen LogP contribution is -2.15. The van der Waals surface area contributed by atoms with Crippen LogP contribution in [0.25, 0.3) is 0 Å². The quantitative estimate of drug-likeness (QED) is 0.695. The maximum atomic E-state index is 13.1. The third-order valence-electron chi connectivity index (χ3n) is 3.68. The van der Waals surface area contributed by atoms with Crippen LogP contribution in [-0.4, -0.2) is 8.42 Å². The van der Waals surface area contributed by atoms with Crippen molar-refractivity contribution in [1.29, 1.82) is 0 Å². The molecule has 0 aliphatic heterocycles.